The van der Waals surface area contributed by atoms with Crippen LogP contribution in [-0.2, 0) is 23.7 Å². The van der Waals surface area contributed by atoms with Gasteiger partial charge in [0.1, 0.15) is 12.1 Å². The molecule has 0 radical (unpaired) electrons. The van der Waals surface area contributed by atoms with Gasteiger partial charge in [-0.15, -0.1) is 0 Å². The van der Waals surface area contributed by atoms with Gasteiger partial charge in [0.05, 0.1) is 7.11 Å². The Morgan fingerprint density at radius 1 is 1.47 bits per heavy atom. The van der Waals surface area contributed by atoms with Gasteiger partial charge in [-0.25, -0.2) is 4.79 Å². The molecule has 8 nitrogen and oxygen atoms in total. The fourth-order valence-corrected chi connectivity index (χ4v) is 1.99. The van der Waals surface area contributed by atoms with Crippen LogP contribution in [0.3, 0.4) is 0 Å². The fraction of sp³-hybridized carbons (Fsp3) is 0.889. The van der Waals surface area contributed by atoms with Crippen LogP contribution in [0.5, 0.6) is 0 Å². The number of methoxy groups -OCH3 is 1. The molecule has 2 aliphatic heterocycles. The first kappa shape index (κ1) is 12.1. The lowest BCUT2D eigenvalue weighted by molar-refractivity contribution is -0.211. The molecule has 0 bridgehead atoms. The second kappa shape index (κ2) is 4.15. The van der Waals surface area contributed by atoms with E-state index in [0.717, 1.165) is 0 Å². The maximum Gasteiger partial charge on any atom is 0.335 e. The highest BCUT2D eigenvalue weighted by molar-refractivity contribution is 5.76. The Hall–Kier alpha value is -1.34. The van der Waals surface area contributed by atoms with Crippen LogP contribution in [0.15, 0.2) is 5.11 Å². The molecular weight excluding hydrogens is 230 g/mol. The molecule has 2 fully saturated rings. The van der Waals surface area contributed by atoms with E-state index in [1.165, 1.54) is 7.11 Å². The van der Waals surface area contributed by atoms with Crippen LogP contribution in [0.4, 0.5) is 0 Å². The van der Waals surface area contributed by atoms with Crippen LogP contribution in [-0.4, -0.2) is 43.4 Å². The molecule has 8 heteroatoms. The van der Waals surface area contributed by atoms with Crippen molar-refractivity contribution in [2.45, 2.75) is 44.2 Å². The third-order valence-electron chi connectivity index (χ3n) is 2.63. The van der Waals surface area contributed by atoms with E-state index >= 15 is 0 Å². The van der Waals surface area contributed by atoms with Gasteiger partial charge in [-0.2, -0.15) is 0 Å². The van der Waals surface area contributed by atoms with Crippen molar-refractivity contribution in [1.29, 1.82) is 0 Å². The first-order valence-electron chi connectivity index (χ1n) is 5.11. The smallest absolute Gasteiger partial charge is 0.335 e. The van der Waals surface area contributed by atoms with E-state index in [-0.39, 0.29) is 0 Å². The minimum absolute atomic E-state index is 0.593. The Balaban J connectivity index is 2.21. The van der Waals surface area contributed by atoms with Crippen molar-refractivity contribution in [2.24, 2.45) is 5.11 Å². The molecule has 4 atom stereocenters. The molecule has 1 unspecified atom stereocenters. The summed E-state index contributed by atoms with van der Waals surface area (Å²) in [4.78, 5) is 14.1. The van der Waals surface area contributed by atoms with Crippen LogP contribution >= 0.6 is 0 Å². The first-order chi connectivity index (χ1) is 7.98. The molecule has 0 aromatic heterocycles. The van der Waals surface area contributed by atoms with Gasteiger partial charge >= 0.3 is 5.97 Å². The average molecular weight is 243 g/mol. The van der Waals surface area contributed by atoms with Gasteiger partial charge in [-0.3, -0.25) is 0 Å². The Morgan fingerprint density at radius 3 is 2.76 bits per heavy atom. The van der Waals surface area contributed by atoms with Gasteiger partial charge in [0, 0.05) is 4.91 Å². The van der Waals surface area contributed by atoms with Gasteiger partial charge in [0.15, 0.2) is 18.2 Å². The summed E-state index contributed by atoms with van der Waals surface area (Å²) in [6.07, 6.45) is -2.29. The molecule has 2 heterocycles. The fourth-order valence-electron chi connectivity index (χ4n) is 1.99. The molecule has 2 saturated heterocycles. The minimum atomic E-state index is -0.984. The maximum atomic E-state index is 11.5. The summed E-state index contributed by atoms with van der Waals surface area (Å²) in [5.41, 5.74) is 8.50. The number of azide groups is 1. The van der Waals surface area contributed by atoms with Gasteiger partial charge in [-0.05, 0) is 19.4 Å². The number of carbonyl (C=O) groups excluding carboxylic acids is 1. The van der Waals surface area contributed by atoms with E-state index in [2.05, 4.69) is 14.8 Å². The highest BCUT2D eigenvalue weighted by Gasteiger charge is 2.56. The molecule has 0 N–H and O–H groups in total. The Bertz CT molecular complexity index is 379. The molecule has 2 aliphatic rings. The van der Waals surface area contributed by atoms with Crippen molar-refractivity contribution in [3.05, 3.63) is 10.4 Å². The number of ether oxygens (including phenoxy) is 4. The summed E-state index contributed by atoms with van der Waals surface area (Å²) >= 11 is 0. The largest absolute Gasteiger partial charge is 0.467 e. The molecule has 0 amide bonds. The molecule has 0 aromatic carbocycles. The average Bonchev–Trinajstić information content (AvgIpc) is 2.72. The number of hydrogen-bond donors (Lipinski definition) is 0. The standard InChI is InChI=1S/C9H13N3O5/c1-9(2)16-6-4(11-12-10)5(7(13)14-3)15-8(6)17-9/h4-6,8H,1-3H3/t4-,5+,6-,8?/m1/s1. The number of nitrogens with zero attached hydrogens (tertiary/aromatic N) is 3. The second-order valence-corrected chi connectivity index (χ2v) is 4.24. The van der Waals surface area contributed by atoms with E-state index in [9.17, 15) is 4.79 Å². The summed E-state index contributed by atoms with van der Waals surface area (Å²) in [5.74, 6) is -1.43. The Morgan fingerprint density at radius 2 is 2.18 bits per heavy atom. The zero-order valence-electron chi connectivity index (χ0n) is 9.69. The highest BCUT2D eigenvalue weighted by Crippen LogP contribution is 2.39. The van der Waals surface area contributed by atoms with E-state index in [1.54, 1.807) is 13.8 Å². The predicted molar refractivity (Wildman–Crippen MR) is 53.6 cm³/mol. The summed E-state index contributed by atoms with van der Waals surface area (Å²) in [6, 6.07) is -0.778. The van der Waals surface area contributed by atoms with Crippen molar-refractivity contribution >= 4 is 5.97 Å². The molecule has 0 aliphatic carbocycles. The highest BCUT2D eigenvalue weighted by atomic mass is 16.8. The Kier molecular flexibility index (Phi) is 2.96. The molecule has 17 heavy (non-hydrogen) atoms. The van der Waals surface area contributed by atoms with Gasteiger partial charge in [0.2, 0.25) is 0 Å². The van der Waals surface area contributed by atoms with Crippen molar-refractivity contribution in [3.8, 4) is 0 Å². The van der Waals surface area contributed by atoms with E-state index in [4.69, 9.17) is 19.7 Å². The summed E-state index contributed by atoms with van der Waals surface area (Å²) in [7, 11) is 1.23. The summed E-state index contributed by atoms with van der Waals surface area (Å²) in [5, 5.41) is 3.53. The minimum Gasteiger partial charge on any atom is -0.467 e. The number of carbonyl (C=O) groups is 1. The van der Waals surface area contributed by atoms with E-state index in [0.29, 0.717) is 0 Å². The third kappa shape index (κ3) is 2.07. The molecular formula is C9H13N3O5. The van der Waals surface area contributed by atoms with Crippen LogP contribution in [0.2, 0.25) is 0 Å². The lowest BCUT2D eigenvalue weighted by Crippen LogP contribution is -2.37. The van der Waals surface area contributed by atoms with Crippen LogP contribution < -0.4 is 0 Å². The van der Waals surface area contributed by atoms with Gasteiger partial charge < -0.3 is 18.9 Å². The zero-order chi connectivity index (χ0) is 12.6. The topological polar surface area (TPSA) is 103 Å². The summed E-state index contributed by atoms with van der Waals surface area (Å²) < 4.78 is 20.9. The van der Waals surface area contributed by atoms with Crippen LogP contribution in [0.1, 0.15) is 13.8 Å². The SMILES string of the molecule is COC(=O)[C@H]1OC2OC(C)(C)O[C@@H]2[C@@H]1N=[N+]=[N-]. The van der Waals surface area contributed by atoms with Gasteiger partial charge in [-0.1, -0.05) is 5.11 Å². The molecule has 0 aromatic rings. The van der Waals surface area contributed by atoms with E-state index in [1.807, 2.05) is 0 Å². The molecule has 0 saturated carbocycles. The van der Waals surface area contributed by atoms with E-state index < -0.39 is 36.3 Å². The van der Waals surface area contributed by atoms with Crippen molar-refractivity contribution in [2.75, 3.05) is 7.11 Å². The maximum absolute atomic E-state index is 11.5. The molecule has 2 rings (SSSR count). The first-order valence-corrected chi connectivity index (χ1v) is 5.11. The monoisotopic (exact) mass is 243 g/mol. The number of rotatable bonds is 2. The van der Waals surface area contributed by atoms with Crippen molar-refractivity contribution < 1.29 is 23.7 Å². The van der Waals surface area contributed by atoms with Crippen molar-refractivity contribution in [3.63, 3.8) is 0 Å². The summed E-state index contributed by atoms with van der Waals surface area (Å²) in [6.45, 7) is 3.43. The Labute approximate surface area is 97.4 Å². The second-order valence-electron chi connectivity index (χ2n) is 4.24. The lowest BCUT2D eigenvalue weighted by atomic mass is 10.1. The number of esters is 1. The molecule has 94 valence electrons. The van der Waals surface area contributed by atoms with Crippen LogP contribution in [0, 0.1) is 0 Å². The third-order valence-corrected chi connectivity index (χ3v) is 2.63. The van der Waals surface area contributed by atoms with Crippen molar-refractivity contribution in [1.82, 2.24) is 0 Å². The number of hydrogen-bond acceptors (Lipinski definition) is 6. The van der Waals surface area contributed by atoms with Crippen LogP contribution in [0.25, 0.3) is 10.4 Å². The number of fused-ring (bicyclic) bond motifs is 1. The zero-order valence-corrected chi connectivity index (χ0v) is 9.69. The lowest BCUT2D eigenvalue weighted by Gasteiger charge is -2.21. The molecule has 0 spiro atoms. The predicted octanol–water partition coefficient (Wildman–Crippen LogP) is 0.715. The van der Waals surface area contributed by atoms with Gasteiger partial charge in [0.25, 0.3) is 0 Å². The quantitative estimate of drug-likeness (QED) is 0.307. The normalized spacial score (nSPS) is 38.3.